The molecule has 5 heteroatoms. The van der Waals surface area contributed by atoms with Crippen molar-refractivity contribution < 1.29 is 4.42 Å². The molecule has 0 amide bonds. The zero-order valence-corrected chi connectivity index (χ0v) is 35.0. The van der Waals surface area contributed by atoms with Gasteiger partial charge >= 0.3 is 0 Å². The molecular weight excluding hydrogens is 793 g/mol. The maximum Gasteiger partial charge on any atom is 0.135 e. The molecule has 65 heavy (non-hydrogen) atoms. The maximum absolute atomic E-state index is 6.62. The Morgan fingerprint density at radius 2 is 0.538 bits per heavy atom. The third-order valence-corrected chi connectivity index (χ3v) is 13.9. The highest BCUT2D eigenvalue weighted by Crippen LogP contribution is 2.43. The number of nitrogens with zero attached hydrogens (tertiary/aromatic N) is 4. The molecular formula is C60H36N4O. The maximum atomic E-state index is 6.62. The Labute approximate surface area is 371 Å². The second-order valence-corrected chi connectivity index (χ2v) is 17.3. The monoisotopic (exact) mass is 828 g/mol. The first-order valence-corrected chi connectivity index (χ1v) is 22.3. The van der Waals surface area contributed by atoms with Crippen LogP contribution in [0.5, 0.6) is 0 Å². The van der Waals surface area contributed by atoms with Crippen molar-refractivity contribution in [2.75, 3.05) is 0 Å². The fourth-order valence-corrected chi connectivity index (χ4v) is 11.3. The summed E-state index contributed by atoms with van der Waals surface area (Å²) in [4.78, 5) is 0. The van der Waals surface area contributed by atoms with Crippen LogP contribution in [0.1, 0.15) is 0 Å². The smallest absolute Gasteiger partial charge is 0.135 e. The zero-order valence-electron chi connectivity index (χ0n) is 35.0. The van der Waals surface area contributed by atoms with Gasteiger partial charge in [-0.2, -0.15) is 0 Å². The highest BCUT2D eigenvalue weighted by molar-refractivity contribution is 6.19. The Bertz CT molecular complexity index is 4100. The van der Waals surface area contributed by atoms with Crippen LogP contribution < -0.4 is 0 Å². The summed E-state index contributed by atoms with van der Waals surface area (Å²) >= 11 is 0. The van der Waals surface area contributed by atoms with Crippen LogP contribution in [0, 0.1) is 0 Å². The van der Waals surface area contributed by atoms with Gasteiger partial charge in [0.25, 0.3) is 0 Å². The predicted octanol–water partition coefficient (Wildman–Crippen LogP) is 16.0. The molecule has 0 saturated heterocycles. The summed E-state index contributed by atoms with van der Waals surface area (Å²) in [7, 11) is 0. The first-order valence-electron chi connectivity index (χ1n) is 22.3. The van der Waals surface area contributed by atoms with E-state index in [4.69, 9.17) is 4.42 Å². The van der Waals surface area contributed by atoms with Crippen molar-refractivity contribution in [2.45, 2.75) is 0 Å². The standard InChI is InChI=1S/C60H36N4O/c1-7-21-47-39(15-1)40-16-2-8-22-48(40)63(47)55-29-13-27-53-59(55)43-19-5-11-25-51(43)61(53)37-31-33-57-45(35-37)46-36-38(32-34-58(46)65-57)62-52-26-12-6-20-44(52)60-54(62)28-14-30-56(60)64-49-23-9-3-17-41(49)42-18-4-10-24-50(42)64/h1-36H. The lowest BCUT2D eigenvalue weighted by atomic mass is 10.1. The van der Waals surface area contributed by atoms with Crippen molar-refractivity contribution in [3.8, 4) is 22.7 Å². The molecule has 0 aliphatic heterocycles. The van der Waals surface area contributed by atoms with Crippen molar-refractivity contribution in [3.05, 3.63) is 218 Å². The van der Waals surface area contributed by atoms with E-state index in [0.717, 1.165) is 55.4 Å². The third-order valence-electron chi connectivity index (χ3n) is 13.9. The predicted molar refractivity (Wildman–Crippen MR) is 271 cm³/mol. The van der Waals surface area contributed by atoms with E-state index in [1.807, 2.05) is 0 Å². The third kappa shape index (κ3) is 4.65. The second kappa shape index (κ2) is 12.9. The molecule has 0 aliphatic rings. The van der Waals surface area contributed by atoms with E-state index in [2.05, 4.69) is 237 Å². The fourth-order valence-electron chi connectivity index (χ4n) is 11.3. The van der Waals surface area contributed by atoms with Crippen molar-refractivity contribution in [1.29, 1.82) is 0 Å². The van der Waals surface area contributed by atoms with Crippen molar-refractivity contribution in [1.82, 2.24) is 18.3 Å². The molecule has 0 aliphatic carbocycles. The molecule has 10 aromatic carbocycles. The van der Waals surface area contributed by atoms with Crippen molar-refractivity contribution >= 4 is 109 Å². The molecule has 0 fully saturated rings. The molecule has 15 rings (SSSR count). The molecule has 0 atom stereocenters. The van der Waals surface area contributed by atoms with Gasteiger partial charge in [-0.1, -0.05) is 121 Å². The molecule has 15 aromatic rings. The first kappa shape index (κ1) is 34.7. The lowest BCUT2D eigenvalue weighted by Crippen LogP contribution is -1.97. The van der Waals surface area contributed by atoms with Gasteiger partial charge in [0, 0.05) is 65.2 Å². The van der Waals surface area contributed by atoms with Gasteiger partial charge in [-0.05, 0) is 97.1 Å². The summed E-state index contributed by atoms with van der Waals surface area (Å²) in [5.41, 5.74) is 15.7. The van der Waals surface area contributed by atoms with Crippen LogP contribution in [0.4, 0.5) is 0 Å². The molecule has 5 heterocycles. The highest BCUT2D eigenvalue weighted by Gasteiger charge is 2.22. The molecule has 5 nitrogen and oxygen atoms in total. The normalized spacial score (nSPS) is 12.3. The van der Waals surface area contributed by atoms with Gasteiger partial charge in [0.2, 0.25) is 0 Å². The van der Waals surface area contributed by atoms with Gasteiger partial charge in [-0.3, -0.25) is 0 Å². The van der Waals surface area contributed by atoms with E-state index in [1.54, 1.807) is 0 Å². The number of hydrogen-bond donors (Lipinski definition) is 0. The van der Waals surface area contributed by atoms with E-state index >= 15 is 0 Å². The molecule has 302 valence electrons. The number of para-hydroxylation sites is 6. The Morgan fingerprint density at radius 1 is 0.231 bits per heavy atom. The first-order chi connectivity index (χ1) is 32.3. The van der Waals surface area contributed by atoms with Gasteiger partial charge in [0.15, 0.2) is 0 Å². The van der Waals surface area contributed by atoms with Crippen LogP contribution >= 0.6 is 0 Å². The molecule has 0 bridgehead atoms. The van der Waals surface area contributed by atoms with Gasteiger partial charge in [-0.15, -0.1) is 0 Å². The van der Waals surface area contributed by atoms with Gasteiger partial charge in [0.1, 0.15) is 11.2 Å². The number of rotatable bonds is 4. The fraction of sp³-hybridized carbons (Fsp3) is 0. The number of benzene rings is 10. The lowest BCUT2D eigenvalue weighted by molar-refractivity contribution is 0.669. The summed E-state index contributed by atoms with van der Waals surface area (Å²) in [6.07, 6.45) is 0. The van der Waals surface area contributed by atoms with E-state index in [1.165, 1.54) is 76.5 Å². The van der Waals surface area contributed by atoms with Crippen molar-refractivity contribution in [3.63, 3.8) is 0 Å². The Balaban J connectivity index is 0.949. The number of furan rings is 1. The summed E-state index contributed by atoms with van der Waals surface area (Å²) in [5.74, 6) is 0. The summed E-state index contributed by atoms with van der Waals surface area (Å²) < 4.78 is 16.4. The SMILES string of the molecule is c1ccc2c(c1)c1ccccc1n2-c1cccc2c1c1ccccc1n2-c1ccc2oc3ccc(-n4c5ccccc5c5c(-n6c7ccccc7c7ccccc76)cccc54)cc3c2c1. The van der Waals surface area contributed by atoms with Gasteiger partial charge < -0.3 is 22.7 Å². The zero-order chi connectivity index (χ0) is 42.3. The molecule has 0 N–H and O–H groups in total. The summed E-state index contributed by atoms with van der Waals surface area (Å²) in [6, 6.07) is 79.4. The molecule has 0 radical (unpaired) electrons. The quantitative estimate of drug-likeness (QED) is 0.174. The minimum atomic E-state index is 0.864. The number of aromatic nitrogens is 4. The van der Waals surface area contributed by atoms with E-state index in [0.29, 0.717) is 0 Å². The Kier molecular flexibility index (Phi) is 6.89. The molecule has 0 saturated carbocycles. The average molecular weight is 829 g/mol. The largest absolute Gasteiger partial charge is 0.456 e. The lowest BCUT2D eigenvalue weighted by Gasteiger charge is -2.12. The van der Waals surface area contributed by atoms with Crippen LogP contribution in [0.25, 0.3) is 132 Å². The highest BCUT2D eigenvalue weighted by atomic mass is 16.3. The second-order valence-electron chi connectivity index (χ2n) is 17.3. The topological polar surface area (TPSA) is 32.9 Å². The van der Waals surface area contributed by atoms with Crippen LogP contribution in [0.3, 0.4) is 0 Å². The number of fused-ring (bicyclic) bond motifs is 15. The Morgan fingerprint density at radius 3 is 0.908 bits per heavy atom. The van der Waals surface area contributed by atoms with Crippen molar-refractivity contribution in [2.24, 2.45) is 0 Å². The minimum Gasteiger partial charge on any atom is -0.456 e. The van der Waals surface area contributed by atoms with Gasteiger partial charge in [0.05, 0.1) is 55.5 Å². The van der Waals surface area contributed by atoms with E-state index < -0.39 is 0 Å². The van der Waals surface area contributed by atoms with E-state index in [9.17, 15) is 0 Å². The van der Waals surface area contributed by atoms with Crippen LogP contribution in [-0.4, -0.2) is 18.3 Å². The molecule has 0 spiro atoms. The minimum absolute atomic E-state index is 0.864. The molecule has 5 aromatic heterocycles. The van der Waals surface area contributed by atoms with Crippen LogP contribution in [-0.2, 0) is 0 Å². The average Bonchev–Trinajstić information content (AvgIpc) is 4.16. The Hall–Kier alpha value is -8.80. The van der Waals surface area contributed by atoms with Crippen LogP contribution in [0.2, 0.25) is 0 Å². The van der Waals surface area contributed by atoms with Gasteiger partial charge in [-0.25, -0.2) is 0 Å². The van der Waals surface area contributed by atoms with E-state index in [-0.39, 0.29) is 0 Å². The van der Waals surface area contributed by atoms with Crippen LogP contribution in [0.15, 0.2) is 223 Å². The summed E-state index contributed by atoms with van der Waals surface area (Å²) in [6.45, 7) is 0. The molecule has 0 unspecified atom stereocenters. The summed E-state index contributed by atoms with van der Waals surface area (Å²) in [5, 5.41) is 12.1. The number of hydrogen-bond acceptors (Lipinski definition) is 1.